The molecular weight excluding hydrogens is 202 g/mol. The number of piperidine rings is 1. The zero-order chi connectivity index (χ0) is 11.1. The van der Waals surface area contributed by atoms with Crippen molar-refractivity contribution in [3.8, 4) is 0 Å². The first kappa shape index (κ1) is 11.5. The first-order valence-corrected chi connectivity index (χ1v) is 6.20. The van der Waals surface area contributed by atoms with E-state index in [2.05, 4.69) is 20.3 Å². The first-order valence-electron chi connectivity index (χ1n) is 6.20. The lowest BCUT2D eigenvalue weighted by Gasteiger charge is -2.26. The van der Waals surface area contributed by atoms with Crippen molar-refractivity contribution in [1.82, 2.24) is 25.0 Å². The molecule has 1 saturated heterocycles. The van der Waals surface area contributed by atoms with E-state index in [0.717, 1.165) is 19.6 Å². The van der Waals surface area contributed by atoms with Crippen molar-refractivity contribution in [2.75, 3.05) is 32.7 Å². The van der Waals surface area contributed by atoms with Crippen LogP contribution in [0, 0.1) is 0 Å². The quantitative estimate of drug-likeness (QED) is 0.707. The second-order valence-electron chi connectivity index (χ2n) is 4.31. The second-order valence-corrected chi connectivity index (χ2v) is 4.31. The highest BCUT2D eigenvalue weighted by Crippen LogP contribution is 2.07. The molecule has 0 spiro atoms. The van der Waals surface area contributed by atoms with Crippen LogP contribution in [0.5, 0.6) is 0 Å². The summed E-state index contributed by atoms with van der Waals surface area (Å²) in [6, 6.07) is 0. The molecule has 1 aliphatic heterocycles. The highest BCUT2D eigenvalue weighted by molar-refractivity contribution is 4.65. The average molecular weight is 223 g/mol. The molecule has 0 amide bonds. The van der Waals surface area contributed by atoms with Gasteiger partial charge in [-0.05, 0) is 25.9 Å². The molecule has 5 nitrogen and oxygen atoms in total. The molecule has 5 heteroatoms. The third-order valence-corrected chi connectivity index (χ3v) is 3.04. The summed E-state index contributed by atoms with van der Waals surface area (Å²) in [5.41, 5.74) is 0. The molecule has 16 heavy (non-hydrogen) atoms. The van der Waals surface area contributed by atoms with Gasteiger partial charge in [0.15, 0.2) is 0 Å². The Hall–Kier alpha value is -0.940. The molecule has 0 unspecified atom stereocenters. The lowest BCUT2D eigenvalue weighted by molar-refractivity contribution is 0.229. The predicted octanol–water partition coefficient (Wildman–Crippen LogP) is 0.354. The Labute approximate surface area is 96.8 Å². The molecule has 2 rings (SSSR count). The minimum Gasteiger partial charge on any atom is -0.314 e. The topological polar surface area (TPSA) is 46.0 Å². The van der Waals surface area contributed by atoms with E-state index in [0.29, 0.717) is 0 Å². The Morgan fingerprint density at radius 2 is 1.88 bits per heavy atom. The van der Waals surface area contributed by atoms with Crippen molar-refractivity contribution in [2.24, 2.45) is 0 Å². The van der Waals surface area contributed by atoms with Crippen LogP contribution in [0.2, 0.25) is 0 Å². The van der Waals surface area contributed by atoms with Gasteiger partial charge in [-0.2, -0.15) is 5.10 Å². The predicted molar refractivity (Wildman–Crippen MR) is 63.2 cm³/mol. The Balaban J connectivity index is 1.48. The second kappa shape index (κ2) is 6.60. The van der Waals surface area contributed by atoms with Gasteiger partial charge in [0.05, 0.1) is 6.54 Å². The van der Waals surface area contributed by atoms with Crippen LogP contribution in [-0.4, -0.2) is 52.4 Å². The summed E-state index contributed by atoms with van der Waals surface area (Å²) in [6.45, 7) is 6.69. The Morgan fingerprint density at radius 1 is 1.06 bits per heavy atom. The number of hydrogen-bond acceptors (Lipinski definition) is 4. The van der Waals surface area contributed by atoms with Crippen LogP contribution in [0.15, 0.2) is 12.7 Å². The number of rotatable bonds is 6. The molecule has 0 aliphatic carbocycles. The van der Waals surface area contributed by atoms with Crippen LogP contribution in [-0.2, 0) is 6.54 Å². The zero-order valence-electron chi connectivity index (χ0n) is 9.81. The molecule has 0 saturated carbocycles. The molecule has 0 aromatic carbocycles. The third-order valence-electron chi connectivity index (χ3n) is 3.04. The zero-order valence-corrected chi connectivity index (χ0v) is 9.81. The fraction of sp³-hybridized carbons (Fsp3) is 0.818. The van der Waals surface area contributed by atoms with Crippen LogP contribution in [0.1, 0.15) is 19.3 Å². The fourth-order valence-corrected chi connectivity index (χ4v) is 2.09. The molecule has 1 aromatic rings. The van der Waals surface area contributed by atoms with Crippen molar-refractivity contribution >= 4 is 0 Å². The van der Waals surface area contributed by atoms with Gasteiger partial charge in [-0.1, -0.05) is 6.42 Å². The van der Waals surface area contributed by atoms with E-state index < -0.39 is 0 Å². The third kappa shape index (κ3) is 3.90. The molecule has 1 aromatic heterocycles. The number of nitrogens with one attached hydrogen (secondary N) is 1. The minimum absolute atomic E-state index is 0.903. The Kier molecular flexibility index (Phi) is 4.76. The molecule has 1 aliphatic rings. The summed E-state index contributed by atoms with van der Waals surface area (Å²) >= 11 is 0. The maximum absolute atomic E-state index is 4.06. The van der Waals surface area contributed by atoms with Gasteiger partial charge in [-0.25, -0.2) is 4.98 Å². The van der Waals surface area contributed by atoms with Crippen molar-refractivity contribution in [3.05, 3.63) is 12.7 Å². The fourth-order valence-electron chi connectivity index (χ4n) is 2.09. The lowest BCUT2D eigenvalue weighted by atomic mass is 10.1. The van der Waals surface area contributed by atoms with Gasteiger partial charge >= 0.3 is 0 Å². The number of nitrogens with zero attached hydrogens (tertiary/aromatic N) is 4. The largest absolute Gasteiger partial charge is 0.314 e. The van der Waals surface area contributed by atoms with Gasteiger partial charge < -0.3 is 10.2 Å². The summed E-state index contributed by atoms with van der Waals surface area (Å²) in [4.78, 5) is 6.46. The molecule has 2 heterocycles. The van der Waals surface area contributed by atoms with Gasteiger partial charge in [0.2, 0.25) is 0 Å². The standard InChI is InChI=1S/C11H21N5/c1-2-6-15(7-3-1)8-4-12-5-9-16-11-13-10-14-16/h10-12H,1-9H2. The summed E-state index contributed by atoms with van der Waals surface area (Å²) in [6.07, 6.45) is 7.49. The Morgan fingerprint density at radius 3 is 2.62 bits per heavy atom. The van der Waals surface area contributed by atoms with Crippen LogP contribution in [0.3, 0.4) is 0 Å². The minimum atomic E-state index is 0.903. The molecule has 1 N–H and O–H groups in total. The van der Waals surface area contributed by atoms with Crippen molar-refractivity contribution in [3.63, 3.8) is 0 Å². The van der Waals surface area contributed by atoms with Crippen LogP contribution in [0.4, 0.5) is 0 Å². The van der Waals surface area contributed by atoms with Crippen LogP contribution in [0.25, 0.3) is 0 Å². The molecule has 0 radical (unpaired) electrons. The van der Waals surface area contributed by atoms with E-state index in [-0.39, 0.29) is 0 Å². The maximum Gasteiger partial charge on any atom is 0.137 e. The van der Waals surface area contributed by atoms with E-state index in [1.807, 2.05) is 4.68 Å². The van der Waals surface area contributed by atoms with Crippen LogP contribution < -0.4 is 5.32 Å². The number of aromatic nitrogens is 3. The van der Waals surface area contributed by atoms with Crippen molar-refractivity contribution in [1.29, 1.82) is 0 Å². The first-order chi connectivity index (χ1) is 7.95. The molecule has 0 bridgehead atoms. The highest BCUT2D eigenvalue weighted by Gasteiger charge is 2.08. The molecular formula is C11H21N5. The van der Waals surface area contributed by atoms with Crippen molar-refractivity contribution in [2.45, 2.75) is 25.8 Å². The van der Waals surface area contributed by atoms with Gasteiger partial charge in [0, 0.05) is 19.6 Å². The van der Waals surface area contributed by atoms with E-state index >= 15 is 0 Å². The summed E-state index contributed by atoms with van der Waals surface area (Å²) in [5, 5.41) is 7.50. The van der Waals surface area contributed by atoms with Gasteiger partial charge in [-0.3, -0.25) is 4.68 Å². The summed E-state index contributed by atoms with van der Waals surface area (Å²) in [5.74, 6) is 0. The molecule has 90 valence electrons. The summed E-state index contributed by atoms with van der Waals surface area (Å²) in [7, 11) is 0. The van der Waals surface area contributed by atoms with E-state index in [4.69, 9.17) is 0 Å². The number of hydrogen-bond donors (Lipinski definition) is 1. The lowest BCUT2D eigenvalue weighted by Crippen LogP contribution is -2.36. The van der Waals surface area contributed by atoms with E-state index in [1.165, 1.54) is 38.9 Å². The average Bonchev–Trinajstić information content (AvgIpc) is 2.83. The van der Waals surface area contributed by atoms with E-state index in [9.17, 15) is 0 Å². The SMILES string of the molecule is c1ncn(CCNCCN2CCCCC2)n1. The van der Waals surface area contributed by atoms with Gasteiger partial charge in [0.1, 0.15) is 12.7 Å². The van der Waals surface area contributed by atoms with Gasteiger partial charge in [-0.15, -0.1) is 0 Å². The van der Waals surface area contributed by atoms with E-state index in [1.54, 1.807) is 12.7 Å². The summed E-state index contributed by atoms with van der Waals surface area (Å²) < 4.78 is 1.86. The maximum atomic E-state index is 4.06. The monoisotopic (exact) mass is 223 g/mol. The molecule has 0 atom stereocenters. The number of likely N-dealkylation sites (tertiary alicyclic amines) is 1. The van der Waals surface area contributed by atoms with Gasteiger partial charge in [0.25, 0.3) is 0 Å². The van der Waals surface area contributed by atoms with Crippen molar-refractivity contribution < 1.29 is 0 Å². The molecule has 1 fully saturated rings. The van der Waals surface area contributed by atoms with Crippen LogP contribution >= 0.6 is 0 Å². The Bertz CT molecular complexity index is 266. The normalized spacial score (nSPS) is 17.8. The smallest absolute Gasteiger partial charge is 0.137 e. The highest BCUT2D eigenvalue weighted by atomic mass is 15.3.